The monoisotopic (exact) mass is 254 g/mol. The van der Waals surface area contributed by atoms with Crippen LogP contribution in [0.3, 0.4) is 0 Å². The molecule has 5 heteroatoms. The lowest BCUT2D eigenvalue weighted by molar-refractivity contribution is 0.0993. The van der Waals surface area contributed by atoms with E-state index >= 15 is 0 Å². The van der Waals surface area contributed by atoms with E-state index in [1.807, 2.05) is 42.5 Å². The average molecular weight is 254 g/mol. The molecule has 1 aromatic carbocycles. The molecule has 0 fully saturated rings. The third kappa shape index (κ3) is 4.01. The predicted octanol–water partition coefficient (Wildman–Crippen LogP) is 0.417. The Morgan fingerprint density at radius 1 is 1.26 bits per heavy atom. The number of benzene rings is 1. The number of rotatable bonds is 6. The minimum atomic E-state index is 0.0949. The number of carbonyl (C=O) groups is 1. The van der Waals surface area contributed by atoms with Crippen molar-refractivity contribution in [3.8, 4) is 0 Å². The molecule has 0 aliphatic heterocycles. The molecule has 2 aromatic rings. The maximum absolute atomic E-state index is 12.1. The van der Waals surface area contributed by atoms with E-state index in [0.29, 0.717) is 13.9 Å². The van der Waals surface area contributed by atoms with Crippen LogP contribution in [0.2, 0.25) is 0 Å². The molecule has 0 spiro atoms. The van der Waals surface area contributed by atoms with Gasteiger partial charge in [-0.3, -0.25) is 9.78 Å². The number of ketones is 1. The molecule has 0 radical (unpaired) electrons. The van der Waals surface area contributed by atoms with Crippen LogP contribution < -0.4 is 11.3 Å². The molecule has 2 N–H and O–H groups in total. The van der Waals surface area contributed by atoms with Crippen molar-refractivity contribution < 1.29 is 9.45 Å². The molecular formula is C14H15BN2O2. The second kappa shape index (κ2) is 6.82. The van der Waals surface area contributed by atoms with E-state index in [1.54, 1.807) is 6.20 Å². The lowest BCUT2D eigenvalue weighted by atomic mass is 9.92. The Morgan fingerprint density at radius 2 is 2.05 bits per heavy atom. The largest absolute Gasteiger partial charge is 0.421 e. The molecule has 0 aliphatic carbocycles. The van der Waals surface area contributed by atoms with Gasteiger partial charge in [-0.15, -0.1) is 0 Å². The van der Waals surface area contributed by atoms with E-state index in [0.717, 1.165) is 16.7 Å². The van der Waals surface area contributed by atoms with Crippen molar-refractivity contribution in [3.63, 3.8) is 0 Å². The van der Waals surface area contributed by atoms with Gasteiger partial charge in [0, 0.05) is 23.8 Å². The topological polar surface area (TPSA) is 65.2 Å². The van der Waals surface area contributed by atoms with Crippen LogP contribution in [0.15, 0.2) is 48.7 Å². The molecule has 19 heavy (non-hydrogen) atoms. The Morgan fingerprint density at radius 3 is 2.79 bits per heavy atom. The minimum absolute atomic E-state index is 0.0949. The highest BCUT2D eigenvalue weighted by atomic mass is 16.4. The van der Waals surface area contributed by atoms with Gasteiger partial charge in [0.2, 0.25) is 0 Å². The fourth-order valence-electron chi connectivity index (χ4n) is 1.79. The van der Waals surface area contributed by atoms with Gasteiger partial charge in [-0.2, -0.15) is 0 Å². The fraction of sp³-hybridized carbons (Fsp3) is 0.143. The number of nitrogens with zero attached hydrogens (tertiary/aromatic N) is 1. The number of nitrogens with two attached hydrogens (primary N) is 1. The van der Waals surface area contributed by atoms with Gasteiger partial charge < -0.3 is 10.4 Å². The van der Waals surface area contributed by atoms with Gasteiger partial charge >= 0.3 is 7.48 Å². The number of carbonyl (C=O) groups excluding carboxylic acids is 1. The molecule has 4 nitrogen and oxygen atoms in total. The first-order chi connectivity index (χ1) is 9.29. The summed E-state index contributed by atoms with van der Waals surface area (Å²) in [5.74, 6) is 0.0949. The van der Waals surface area contributed by atoms with Crippen molar-refractivity contribution in [3.05, 3.63) is 59.8 Å². The molecular weight excluding hydrogens is 239 g/mol. The fourth-order valence-corrected chi connectivity index (χ4v) is 1.79. The zero-order valence-corrected chi connectivity index (χ0v) is 10.6. The van der Waals surface area contributed by atoms with E-state index in [2.05, 4.69) is 4.98 Å². The molecule has 0 aliphatic rings. The zero-order chi connectivity index (χ0) is 13.5. The van der Waals surface area contributed by atoms with Gasteiger partial charge in [-0.25, -0.2) is 0 Å². The lowest BCUT2D eigenvalue weighted by Gasteiger charge is -2.04. The van der Waals surface area contributed by atoms with Gasteiger partial charge in [0.25, 0.3) is 0 Å². The highest BCUT2D eigenvalue weighted by Gasteiger charge is 2.07. The Hall–Kier alpha value is -1.98. The zero-order valence-electron chi connectivity index (χ0n) is 10.6. The SMILES string of the molecule is NCOBc1cc(CC(=O)c2ccccc2)ccn1. The average Bonchev–Trinajstić information content (AvgIpc) is 2.46. The summed E-state index contributed by atoms with van der Waals surface area (Å²) in [6.45, 7) is 0.162. The summed E-state index contributed by atoms with van der Waals surface area (Å²) in [4.78, 5) is 16.2. The highest BCUT2D eigenvalue weighted by molar-refractivity contribution is 6.45. The van der Waals surface area contributed by atoms with Gasteiger partial charge in [-0.1, -0.05) is 30.3 Å². The van der Waals surface area contributed by atoms with E-state index in [4.69, 9.17) is 10.4 Å². The molecule has 1 heterocycles. The summed E-state index contributed by atoms with van der Waals surface area (Å²) in [5.41, 5.74) is 7.70. The van der Waals surface area contributed by atoms with Crippen LogP contribution >= 0.6 is 0 Å². The quantitative estimate of drug-likeness (QED) is 0.461. The van der Waals surface area contributed by atoms with Crippen LogP contribution in [0.4, 0.5) is 0 Å². The molecule has 96 valence electrons. The summed E-state index contributed by atoms with van der Waals surface area (Å²) < 4.78 is 5.09. The first kappa shape index (κ1) is 13.5. The predicted molar refractivity (Wildman–Crippen MR) is 75.6 cm³/mol. The molecule has 0 saturated carbocycles. The Balaban J connectivity index is 2.05. The third-order valence-corrected chi connectivity index (χ3v) is 2.71. The first-order valence-corrected chi connectivity index (χ1v) is 6.09. The molecule has 0 atom stereocenters. The number of aromatic nitrogens is 1. The number of Topliss-reactive ketones (excluding diaryl/α,β-unsaturated/α-hetero) is 1. The second-order valence-electron chi connectivity index (χ2n) is 4.14. The summed E-state index contributed by atoms with van der Waals surface area (Å²) in [6, 6.07) is 13.0. The van der Waals surface area contributed by atoms with Crippen molar-refractivity contribution in [2.24, 2.45) is 5.73 Å². The summed E-state index contributed by atoms with van der Waals surface area (Å²) >= 11 is 0. The number of pyridine rings is 1. The second-order valence-corrected chi connectivity index (χ2v) is 4.14. The Kier molecular flexibility index (Phi) is 4.83. The van der Waals surface area contributed by atoms with Gasteiger partial charge in [0.05, 0.1) is 6.73 Å². The van der Waals surface area contributed by atoms with Crippen LogP contribution in [0, 0.1) is 0 Å². The molecule has 0 unspecified atom stereocenters. The molecule has 2 rings (SSSR count). The third-order valence-electron chi connectivity index (χ3n) is 2.71. The first-order valence-electron chi connectivity index (χ1n) is 6.09. The maximum atomic E-state index is 12.1. The number of hydrogen-bond acceptors (Lipinski definition) is 4. The van der Waals surface area contributed by atoms with Crippen LogP contribution in [-0.2, 0) is 11.1 Å². The van der Waals surface area contributed by atoms with Gasteiger partial charge in [0.1, 0.15) is 0 Å². The van der Waals surface area contributed by atoms with Crippen LogP contribution in [0.1, 0.15) is 15.9 Å². The van der Waals surface area contributed by atoms with E-state index < -0.39 is 0 Å². The van der Waals surface area contributed by atoms with Crippen molar-refractivity contribution in [1.29, 1.82) is 0 Å². The molecule has 1 aromatic heterocycles. The van der Waals surface area contributed by atoms with Crippen LogP contribution in [-0.4, -0.2) is 25.0 Å². The van der Waals surface area contributed by atoms with Gasteiger partial charge in [-0.05, 0) is 17.7 Å². The maximum Gasteiger partial charge on any atom is 0.329 e. The minimum Gasteiger partial charge on any atom is -0.421 e. The van der Waals surface area contributed by atoms with Crippen LogP contribution in [0.5, 0.6) is 0 Å². The summed E-state index contributed by atoms with van der Waals surface area (Å²) in [5, 5.41) is 0. The standard InChI is InChI=1S/C14H15BN2O2/c16-10-19-15-14-9-11(6-7-17-14)8-13(18)12-4-2-1-3-5-12/h1-7,9,15H,8,10,16H2. The Bertz CT molecular complexity index is 546. The van der Waals surface area contributed by atoms with Gasteiger partial charge in [0.15, 0.2) is 5.78 Å². The van der Waals surface area contributed by atoms with Crippen LogP contribution in [0.25, 0.3) is 0 Å². The molecule has 0 saturated heterocycles. The smallest absolute Gasteiger partial charge is 0.329 e. The van der Waals surface area contributed by atoms with Crippen molar-refractivity contribution >= 4 is 18.9 Å². The van der Waals surface area contributed by atoms with Crippen molar-refractivity contribution in [2.75, 3.05) is 6.73 Å². The normalized spacial score (nSPS) is 10.2. The molecule has 0 amide bonds. The van der Waals surface area contributed by atoms with E-state index in [-0.39, 0.29) is 12.5 Å². The highest BCUT2D eigenvalue weighted by Crippen LogP contribution is 2.05. The van der Waals surface area contributed by atoms with Crippen molar-refractivity contribution in [1.82, 2.24) is 4.98 Å². The molecule has 0 bridgehead atoms. The lowest BCUT2D eigenvalue weighted by Crippen LogP contribution is -2.24. The van der Waals surface area contributed by atoms with Crippen molar-refractivity contribution in [2.45, 2.75) is 6.42 Å². The van der Waals surface area contributed by atoms with E-state index in [1.165, 1.54) is 0 Å². The van der Waals surface area contributed by atoms with E-state index in [9.17, 15) is 4.79 Å². The number of hydrogen-bond donors (Lipinski definition) is 1. The summed E-state index contributed by atoms with van der Waals surface area (Å²) in [6.07, 6.45) is 2.05. The Labute approximate surface area is 112 Å². The summed E-state index contributed by atoms with van der Waals surface area (Å²) in [7, 11) is 0.365.